The molecular formula is C31H22F3N5O. The average Bonchev–Trinajstić information content (AvgIpc) is 2.98. The molecule has 0 aliphatic carbocycles. The zero-order valence-electron chi connectivity index (χ0n) is 21.2. The molecule has 0 bridgehead atoms. The third-order valence-electron chi connectivity index (χ3n) is 5.96. The van der Waals surface area contributed by atoms with Crippen LogP contribution in [0.2, 0.25) is 0 Å². The lowest BCUT2D eigenvalue weighted by Gasteiger charge is -2.06. The number of rotatable bonds is 7. The van der Waals surface area contributed by atoms with Crippen molar-refractivity contribution >= 4 is 45.4 Å². The highest BCUT2D eigenvalue weighted by atomic mass is 19.4. The standard InChI is InChI=1S/C31H22F3N5O/c1-40-30-9-5-2-6-21(30)20-35-28-18-19-29(27-8-4-3-7-26(27)28)39-38-25-16-14-24(15-17-25)37-36-23-12-10-22(11-13-23)31(32,33)34/h2-20H,1H3/b35-20+,37-36+,39-38+. The largest absolute Gasteiger partial charge is 0.496 e. The Morgan fingerprint density at radius 1 is 0.575 bits per heavy atom. The molecule has 0 radical (unpaired) electrons. The van der Waals surface area contributed by atoms with Crippen molar-refractivity contribution in [1.29, 1.82) is 0 Å². The summed E-state index contributed by atoms with van der Waals surface area (Å²) in [6, 6.07) is 30.6. The number of hydrogen-bond donors (Lipinski definition) is 0. The first-order valence-corrected chi connectivity index (χ1v) is 12.2. The predicted octanol–water partition coefficient (Wildman–Crippen LogP) is 10.4. The summed E-state index contributed by atoms with van der Waals surface area (Å²) in [6.45, 7) is 0. The van der Waals surface area contributed by atoms with Crippen LogP contribution in [-0.4, -0.2) is 13.3 Å². The number of methoxy groups -OCH3 is 1. The quantitative estimate of drug-likeness (QED) is 0.150. The molecule has 198 valence electrons. The number of azo groups is 2. The number of alkyl halides is 3. The number of benzene rings is 5. The fourth-order valence-electron chi connectivity index (χ4n) is 3.91. The summed E-state index contributed by atoms with van der Waals surface area (Å²) >= 11 is 0. The van der Waals surface area contributed by atoms with Crippen LogP contribution in [0.15, 0.2) is 135 Å². The van der Waals surface area contributed by atoms with Gasteiger partial charge in [0.2, 0.25) is 0 Å². The Balaban J connectivity index is 1.32. The number of fused-ring (bicyclic) bond motifs is 1. The molecule has 0 atom stereocenters. The van der Waals surface area contributed by atoms with Crippen molar-refractivity contribution in [2.75, 3.05) is 7.11 Å². The molecular weight excluding hydrogens is 515 g/mol. The van der Waals surface area contributed by atoms with Gasteiger partial charge in [-0.1, -0.05) is 36.4 Å². The van der Waals surface area contributed by atoms with Gasteiger partial charge in [0.15, 0.2) is 0 Å². The summed E-state index contributed by atoms with van der Waals surface area (Å²) in [5.41, 5.74) is 3.09. The SMILES string of the molecule is COc1ccccc1/C=N/c1ccc(/N=N/c2ccc(/N=N/c3ccc(C(F)(F)F)cc3)cc2)c2ccccc12. The van der Waals surface area contributed by atoms with Gasteiger partial charge in [-0.05, 0) is 72.8 Å². The summed E-state index contributed by atoms with van der Waals surface area (Å²) in [4.78, 5) is 4.69. The van der Waals surface area contributed by atoms with E-state index in [-0.39, 0.29) is 0 Å². The van der Waals surface area contributed by atoms with Gasteiger partial charge < -0.3 is 4.74 Å². The van der Waals surface area contributed by atoms with Crippen molar-refractivity contribution in [1.82, 2.24) is 0 Å². The molecule has 0 spiro atoms. The van der Waals surface area contributed by atoms with Gasteiger partial charge in [0, 0.05) is 22.6 Å². The van der Waals surface area contributed by atoms with Crippen molar-refractivity contribution in [3.8, 4) is 5.75 Å². The molecule has 0 aliphatic rings. The van der Waals surface area contributed by atoms with Crippen LogP contribution >= 0.6 is 0 Å². The number of halogens is 3. The number of ether oxygens (including phenoxy) is 1. The molecule has 0 heterocycles. The molecule has 0 amide bonds. The Morgan fingerprint density at radius 3 is 1.68 bits per heavy atom. The van der Waals surface area contributed by atoms with E-state index in [4.69, 9.17) is 9.73 Å². The maximum absolute atomic E-state index is 12.7. The van der Waals surface area contributed by atoms with Gasteiger partial charge in [0.05, 0.1) is 41.1 Å². The van der Waals surface area contributed by atoms with Gasteiger partial charge in [-0.25, -0.2) is 0 Å². The minimum atomic E-state index is -4.39. The second-order valence-corrected chi connectivity index (χ2v) is 8.61. The van der Waals surface area contributed by atoms with Crippen LogP contribution < -0.4 is 4.74 Å². The van der Waals surface area contributed by atoms with E-state index in [1.807, 2.05) is 60.7 Å². The minimum Gasteiger partial charge on any atom is -0.496 e. The van der Waals surface area contributed by atoms with E-state index in [1.54, 1.807) is 37.6 Å². The highest BCUT2D eigenvalue weighted by Gasteiger charge is 2.29. The third-order valence-corrected chi connectivity index (χ3v) is 5.96. The fourth-order valence-corrected chi connectivity index (χ4v) is 3.91. The van der Waals surface area contributed by atoms with Gasteiger partial charge in [-0.15, -0.1) is 5.11 Å². The lowest BCUT2D eigenvalue weighted by atomic mass is 10.1. The van der Waals surface area contributed by atoms with Crippen LogP contribution in [0.5, 0.6) is 5.75 Å². The third kappa shape index (κ3) is 6.27. The molecule has 5 aromatic rings. The Kier molecular flexibility index (Phi) is 7.72. The zero-order chi connectivity index (χ0) is 28.0. The van der Waals surface area contributed by atoms with Crippen molar-refractivity contribution in [3.63, 3.8) is 0 Å². The molecule has 0 fully saturated rings. The highest BCUT2D eigenvalue weighted by Crippen LogP contribution is 2.35. The van der Waals surface area contributed by atoms with Crippen molar-refractivity contribution in [2.24, 2.45) is 25.4 Å². The number of hydrogen-bond acceptors (Lipinski definition) is 6. The molecule has 0 aromatic heterocycles. The number of para-hydroxylation sites is 1. The van der Waals surface area contributed by atoms with E-state index in [9.17, 15) is 13.2 Å². The number of aliphatic imine (C=N–C) groups is 1. The molecule has 6 nitrogen and oxygen atoms in total. The van der Waals surface area contributed by atoms with Gasteiger partial charge in [-0.2, -0.15) is 28.5 Å². The van der Waals surface area contributed by atoms with Crippen LogP contribution in [0.1, 0.15) is 11.1 Å². The van der Waals surface area contributed by atoms with Crippen LogP contribution in [-0.2, 0) is 6.18 Å². The second kappa shape index (κ2) is 11.7. The smallest absolute Gasteiger partial charge is 0.416 e. The molecule has 0 unspecified atom stereocenters. The molecule has 0 saturated heterocycles. The maximum atomic E-state index is 12.7. The molecule has 40 heavy (non-hydrogen) atoms. The molecule has 0 N–H and O–H groups in total. The molecule has 0 aliphatic heterocycles. The highest BCUT2D eigenvalue weighted by molar-refractivity contribution is 6.01. The van der Waals surface area contributed by atoms with E-state index in [1.165, 1.54) is 12.1 Å². The van der Waals surface area contributed by atoms with Crippen molar-refractivity contribution < 1.29 is 17.9 Å². The Bertz CT molecular complexity index is 1710. The maximum Gasteiger partial charge on any atom is 0.416 e. The minimum absolute atomic E-state index is 0.319. The van der Waals surface area contributed by atoms with Crippen molar-refractivity contribution in [2.45, 2.75) is 6.18 Å². The fraction of sp³-hybridized carbons (Fsp3) is 0.0645. The zero-order valence-corrected chi connectivity index (χ0v) is 21.2. The van der Waals surface area contributed by atoms with Crippen LogP contribution in [0.4, 0.5) is 41.6 Å². The van der Waals surface area contributed by atoms with Gasteiger partial charge in [0.25, 0.3) is 0 Å². The van der Waals surface area contributed by atoms with Crippen LogP contribution in [0.25, 0.3) is 10.8 Å². The lowest BCUT2D eigenvalue weighted by molar-refractivity contribution is -0.137. The predicted molar refractivity (Wildman–Crippen MR) is 150 cm³/mol. The summed E-state index contributed by atoms with van der Waals surface area (Å²) in [5, 5.41) is 18.7. The average molecular weight is 538 g/mol. The normalized spacial score (nSPS) is 12.2. The molecule has 5 aromatic carbocycles. The first-order chi connectivity index (χ1) is 19.4. The topological polar surface area (TPSA) is 71.0 Å². The number of nitrogens with zero attached hydrogens (tertiary/aromatic N) is 5. The summed E-state index contributed by atoms with van der Waals surface area (Å²) in [6.07, 6.45) is -2.61. The summed E-state index contributed by atoms with van der Waals surface area (Å²) < 4.78 is 43.5. The van der Waals surface area contributed by atoms with E-state index < -0.39 is 11.7 Å². The van der Waals surface area contributed by atoms with Gasteiger partial charge in [-0.3, -0.25) is 4.99 Å². The molecule has 0 saturated carbocycles. The van der Waals surface area contributed by atoms with E-state index in [2.05, 4.69) is 20.5 Å². The summed E-state index contributed by atoms with van der Waals surface area (Å²) in [5.74, 6) is 0.744. The molecule has 9 heteroatoms. The van der Waals surface area contributed by atoms with E-state index >= 15 is 0 Å². The van der Waals surface area contributed by atoms with E-state index in [0.717, 1.165) is 39.9 Å². The Labute approximate surface area is 228 Å². The first kappa shape index (κ1) is 26.4. The monoisotopic (exact) mass is 537 g/mol. The van der Waals surface area contributed by atoms with Crippen molar-refractivity contribution in [3.05, 3.63) is 120 Å². The summed E-state index contributed by atoms with van der Waals surface area (Å²) in [7, 11) is 1.63. The molecule has 5 rings (SSSR count). The Morgan fingerprint density at radius 2 is 1.07 bits per heavy atom. The first-order valence-electron chi connectivity index (χ1n) is 12.2. The van der Waals surface area contributed by atoms with E-state index in [0.29, 0.717) is 22.7 Å². The second-order valence-electron chi connectivity index (χ2n) is 8.61. The Hall–Kier alpha value is -5.18. The van der Waals surface area contributed by atoms with Crippen LogP contribution in [0, 0.1) is 0 Å². The lowest BCUT2D eigenvalue weighted by Crippen LogP contribution is -2.03. The van der Waals surface area contributed by atoms with Gasteiger partial charge in [0.1, 0.15) is 5.75 Å². The van der Waals surface area contributed by atoms with Gasteiger partial charge >= 0.3 is 6.18 Å². The van der Waals surface area contributed by atoms with Crippen LogP contribution in [0.3, 0.4) is 0 Å².